The normalized spacial score (nSPS) is 11.5. The lowest BCUT2D eigenvalue weighted by Gasteiger charge is -2.28. The van der Waals surface area contributed by atoms with Crippen LogP contribution in [0.5, 0.6) is 0 Å². The van der Waals surface area contributed by atoms with E-state index in [0.29, 0.717) is 11.3 Å². The zero-order chi connectivity index (χ0) is 14.0. The Labute approximate surface area is 123 Å². The second-order valence-corrected chi connectivity index (χ2v) is 6.34. The number of halogens is 1. The lowest BCUT2D eigenvalue weighted by atomic mass is 10.2. The first-order chi connectivity index (χ1) is 9.06. The second kappa shape index (κ2) is 6.06. The molecule has 0 amide bonds. The minimum Gasteiger partial charge on any atom is -0.354 e. The molecule has 0 aliphatic heterocycles. The highest BCUT2D eigenvalue weighted by Gasteiger charge is 2.18. The molecule has 2 heterocycles. The van der Waals surface area contributed by atoms with Gasteiger partial charge in [-0.05, 0) is 44.4 Å². The molecule has 0 atom stereocenters. The van der Waals surface area contributed by atoms with Gasteiger partial charge in [-0.2, -0.15) is 4.98 Å². The molecule has 3 nitrogen and oxygen atoms in total. The Bertz CT molecular complexity index is 565. The molecule has 0 aromatic carbocycles. The van der Waals surface area contributed by atoms with E-state index >= 15 is 0 Å². The molecule has 0 N–H and O–H groups in total. The highest BCUT2D eigenvalue weighted by atomic mass is 35.5. The van der Waals surface area contributed by atoms with E-state index in [1.807, 2.05) is 0 Å². The molecule has 0 aliphatic rings. The smallest absolute Gasteiger partial charge is 0.225 e. The molecular weight excluding hydrogens is 278 g/mol. The lowest BCUT2D eigenvalue weighted by molar-refractivity contribution is 0.664. The van der Waals surface area contributed by atoms with Gasteiger partial charge in [0.25, 0.3) is 0 Å². The largest absolute Gasteiger partial charge is 0.354 e. The van der Waals surface area contributed by atoms with Gasteiger partial charge in [-0.3, -0.25) is 0 Å². The number of fused-ring (bicyclic) bond motifs is 1. The SMILES string of the molecule is CCCN(c1nc(Cl)nc2sc(CC)cc12)C(C)C. The van der Waals surface area contributed by atoms with Crippen LogP contribution in [-0.2, 0) is 6.42 Å². The van der Waals surface area contributed by atoms with Gasteiger partial charge < -0.3 is 4.90 Å². The van der Waals surface area contributed by atoms with Crippen LogP contribution in [0.4, 0.5) is 5.82 Å². The van der Waals surface area contributed by atoms with E-state index in [-0.39, 0.29) is 0 Å². The van der Waals surface area contributed by atoms with Crippen molar-refractivity contribution in [1.82, 2.24) is 9.97 Å². The molecule has 0 fully saturated rings. The standard InChI is InChI=1S/C14H20ClN3S/c1-5-7-18(9(3)4)12-11-8-10(6-2)19-13(11)17-14(15)16-12/h8-9H,5-7H2,1-4H3. The molecule has 2 aromatic rings. The fourth-order valence-electron chi connectivity index (χ4n) is 2.17. The Morgan fingerprint density at radius 3 is 2.63 bits per heavy atom. The molecule has 19 heavy (non-hydrogen) atoms. The molecule has 2 aromatic heterocycles. The summed E-state index contributed by atoms with van der Waals surface area (Å²) in [5.74, 6) is 0.975. The van der Waals surface area contributed by atoms with Gasteiger partial charge in [-0.1, -0.05) is 13.8 Å². The predicted molar refractivity (Wildman–Crippen MR) is 84.6 cm³/mol. The lowest BCUT2D eigenvalue weighted by Crippen LogP contribution is -2.32. The Morgan fingerprint density at radius 2 is 2.05 bits per heavy atom. The van der Waals surface area contributed by atoms with Gasteiger partial charge in [-0.15, -0.1) is 11.3 Å². The summed E-state index contributed by atoms with van der Waals surface area (Å²) in [6, 6.07) is 2.61. The van der Waals surface area contributed by atoms with Crippen molar-refractivity contribution in [3.8, 4) is 0 Å². The molecule has 0 unspecified atom stereocenters. The summed E-state index contributed by atoms with van der Waals surface area (Å²) in [7, 11) is 0. The minimum atomic E-state index is 0.341. The summed E-state index contributed by atoms with van der Waals surface area (Å²) in [6.45, 7) is 9.69. The number of anilines is 1. The number of hydrogen-bond acceptors (Lipinski definition) is 4. The first-order valence-corrected chi connectivity index (χ1v) is 7.98. The maximum absolute atomic E-state index is 6.08. The molecule has 2 rings (SSSR count). The third-order valence-corrected chi connectivity index (χ3v) is 4.45. The monoisotopic (exact) mass is 297 g/mol. The van der Waals surface area contributed by atoms with Crippen LogP contribution in [-0.4, -0.2) is 22.6 Å². The molecular formula is C14H20ClN3S. The van der Waals surface area contributed by atoms with Crippen molar-refractivity contribution in [2.24, 2.45) is 0 Å². The van der Waals surface area contributed by atoms with Crippen LogP contribution in [0.2, 0.25) is 5.28 Å². The number of rotatable bonds is 5. The van der Waals surface area contributed by atoms with E-state index in [1.165, 1.54) is 4.88 Å². The van der Waals surface area contributed by atoms with Crippen LogP contribution >= 0.6 is 22.9 Å². The highest BCUT2D eigenvalue weighted by Crippen LogP contribution is 2.33. The molecule has 104 valence electrons. The summed E-state index contributed by atoms with van der Waals surface area (Å²) in [6.07, 6.45) is 2.11. The summed E-state index contributed by atoms with van der Waals surface area (Å²) < 4.78 is 0. The molecule has 5 heteroatoms. The first-order valence-electron chi connectivity index (χ1n) is 6.79. The minimum absolute atomic E-state index is 0.341. The number of hydrogen-bond donors (Lipinski definition) is 0. The predicted octanol–water partition coefficient (Wildman–Crippen LogP) is 4.53. The van der Waals surface area contributed by atoms with E-state index in [1.54, 1.807) is 11.3 Å². The van der Waals surface area contributed by atoms with E-state index in [0.717, 1.165) is 35.4 Å². The maximum Gasteiger partial charge on any atom is 0.225 e. The maximum atomic E-state index is 6.08. The van der Waals surface area contributed by atoms with Crippen molar-refractivity contribution in [2.75, 3.05) is 11.4 Å². The van der Waals surface area contributed by atoms with Crippen molar-refractivity contribution in [1.29, 1.82) is 0 Å². The topological polar surface area (TPSA) is 29.0 Å². The summed E-state index contributed by atoms with van der Waals surface area (Å²) >= 11 is 7.79. The third kappa shape index (κ3) is 3.00. The third-order valence-electron chi connectivity index (χ3n) is 3.10. The van der Waals surface area contributed by atoms with E-state index in [2.05, 4.69) is 48.6 Å². The molecule has 0 radical (unpaired) electrons. The average Bonchev–Trinajstić information content (AvgIpc) is 2.77. The fraction of sp³-hybridized carbons (Fsp3) is 0.571. The summed E-state index contributed by atoms with van der Waals surface area (Å²) in [5.41, 5.74) is 0. The van der Waals surface area contributed by atoms with Gasteiger partial charge >= 0.3 is 0 Å². The number of nitrogens with zero attached hydrogens (tertiary/aromatic N) is 3. The highest BCUT2D eigenvalue weighted by molar-refractivity contribution is 7.18. The fourth-order valence-corrected chi connectivity index (χ4v) is 3.35. The average molecular weight is 298 g/mol. The Kier molecular flexibility index (Phi) is 4.63. The van der Waals surface area contributed by atoms with Crippen LogP contribution < -0.4 is 4.90 Å². The van der Waals surface area contributed by atoms with Crippen LogP contribution in [0.25, 0.3) is 10.2 Å². The molecule has 0 saturated heterocycles. The van der Waals surface area contributed by atoms with Crippen LogP contribution in [0.1, 0.15) is 39.0 Å². The van der Waals surface area contributed by atoms with Crippen LogP contribution in [0.3, 0.4) is 0 Å². The van der Waals surface area contributed by atoms with Gasteiger partial charge in [0, 0.05) is 17.5 Å². The first kappa shape index (κ1) is 14.5. The number of aryl methyl sites for hydroxylation is 1. The summed E-state index contributed by atoms with van der Waals surface area (Å²) in [4.78, 5) is 13.5. The van der Waals surface area contributed by atoms with Gasteiger partial charge in [0.2, 0.25) is 5.28 Å². The zero-order valence-corrected chi connectivity index (χ0v) is 13.5. The van der Waals surface area contributed by atoms with E-state index < -0.39 is 0 Å². The van der Waals surface area contributed by atoms with Crippen molar-refractivity contribution in [3.05, 3.63) is 16.2 Å². The Morgan fingerprint density at radius 1 is 1.32 bits per heavy atom. The van der Waals surface area contributed by atoms with Crippen molar-refractivity contribution < 1.29 is 0 Å². The number of thiophene rings is 1. The molecule has 0 saturated carbocycles. The van der Waals surface area contributed by atoms with Crippen molar-refractivity contribution >= 4 is 39.0 Å². The quantitative estimate of drug-likeness (QED) is 0.759. The second-order valence-electron chi connectivity index (χ2n) is 4.89. The van der Waals surface area contributed by atoms with Crippen molar-refractivity contribution in [3.63, 3.8) is 0 Å². The van der Waals surface area contributed by atoms with Crippen molar-refractivity contribution in [2.45, 2.75) is 46.6 Å². The van der Waals surface area contributed by atoms with Gasteiger partial charge in [0.1, 0.15) is 10.6 Å². The van der Waals surface area contributed by atoms with Gasteiger partial charge in [0.15, 0.2) is 0 Å². The van der Waals surface area contributed by atoms with E-state index in [4.69, 9.17) is 11.6 Å². The molecule has 0 aliphatic carbocycles. The zero-order valence-electron chi connectivity index (χ0n) is 11.9. The molecule has 0 spiro atoms. The van der Waals surface area contributed by atoms with Crippen LogP contribution in [0.15, 0.2) is 6.07 Å². The van der Waals surface area contributed by atoms with Gasteiger partial charge in [0.05, 0.1) is 5.39 Å². The Balaban J connectivity index is 2.59. The van der Waals surface area contributed by atoms with Gasteiger partial charge in [-0.25, -0.2) is 4.98 Å². The number of aromatic nitrogens is 2. The summed E-state index contributed by atoms with van der Waals surface area (Å²) in [5, 5.41) is 1.47. The Hall–Kier alpha value is -0.870. The molecule has 0 bridgehead atoms. The van der Waals surface area contributed by atoms with Crippen LogP contribution in [0, 0.1) is 0 Å². The van der Waals surface area contributed by atoms with E-state index in [9.17, 15) is 0 Å².